The molecule has 0 radical (unpaired) electrons. The maximum absolute atomic E-state index is 5.94. The molecular formula is C13H20ClN3. The number of alkyl halides is 1. The van der Waals surface area contributed by atoms with Gasteiger partial charge in [0.05, 0.1) is 5.88 Å². The Bertz CT molecular complexity index is 389. The van der Waals surface area contributed by atoms with Gasteiger partial charge in [0.2, 0.25) is 0 Å². The van der Waals surface area contributed by atoms with Gasteiger partial charge in [0.15, 0.2) is 0 Å². The maximum atomic E-state index is 5.94. The fraction of sp³-hybridized carbons (Fsp3) is 0.846. The van der Waals surface area contributed by atoms with Crippen molar-refractivity contribution in [2.24, 2.45) is 11.8 Å². The number of hydrogen-bond donors (Lipinski definition) is 0. The standard InChI is InChI=1S/C13H20ClN3/c1-2-7-17-11(8-14)15-16-13(17)12-9-5-3-4-6-10(9)12/h9-10,12H,2-8H2,1H3. The number of halogens is 1. The lowest BCUT2D eigenvalue weighted by atomic mass is 10.0. The minimum Gasteiger partial charge on any atom is -0.314 e. The van der Waals surface area contributed by atoms with Gasteiger partial charge in [0.25, 0.3) is 0 Å². The van der Waals surface area contributed by atoms with Crippen LogP contribution in [0.4, 0.5) is 0 Å². The maximum Gasteiger partial charge on any atom is 0.147 e. The average Bonchev–Trinajstić information content (AvgIpc) is 2.96. The molecule has 2 unspecified atom stereocenters. The fourth-order valence-electron chi connectivity index (χ4n) is 3.54. The Balaban J connectivity index is 1.85. The smallest absolute Gasteiger partial charge is 0.147 e. The van der Waals surface area contributed by atoms with Crippen LogP contribution in [0.15, 0.2) is 0 Å². The molecular weight excluding hydrogens is 234 g/mol. The van der Waals surface area contributed by atoms with Crippen molar-refractivity contribution in [2.75, 3.05) is 0 Å². The van der Waals surface area contributed by atoms with Gasteiger partial charge < -0.3 is 4.57 Å². The first-order chi connectivity index (χ1) is 8.36. The van der Waals surface area contributed by atoms with E-state index in [0.717, 1.165) is 30.6 Å². The normalized spacial score (nSPS) is 31.3. The number of aromatic nitrogens is 3. The summed E-state index contributed by atoms with van der Waals surface area (Å²) in [4.78, 5) is 0. The van der Waals surface area contributed by atoms with E-state index in [1.807, 2.05) is 0 Å². The van der Waals surface area contributed by atoms with E-state index in [2.05, 4.69) is 21.7 Å². The van der Waals surface area contributed by atoms with Gasteiger partial charge in [-0.3, -0.25) is 0 Å². The summed E-state index contributed by atoms with van der Waals surface area (Å²) in [6.07, 6.45) is 6.72. The van der Waals surface area contributed by atoms with Gasteiger partial charge in [0.1, 0.15) is 11.6 Å². The van der Waals surface area contributed by atoms with Crippen molar-refractivity contribution >= 4 is 11.6 Å². The van der Waals surface area contributed by atoms with Crippen molar-refractivity contribution in [1.29, 1.82) is 0 Å². The first-order valence-electron chi connectivity index (χ1n) is 6.84. The highest BCUT2D eigenvalue weighted by Crippen LogP contribution is 2.60. The van der Waals surface area contributed by atoms with Crippen LogP contribution < -0.4 is 0 Å². The zero-order valence-electron chi connectivity index (χ0n) is 10.4. The van der Waals surface area contributed by atoms with E-state index >= 15 is 0 Å². The van der Waals surface area contributed by atoms with Crippen LogP contribution in [0.25, 0.3) is 0 Å². The molecule has 0 N–H and O–H groups in total. The molecule has 3 rings (SSSR count). The second-order valence-electron chi connectivity index (χ2n) is 5.40. The van der Waals surface area contributed by atoms with Crippen molar-refractivity contribution in [3.8, 4) is 0 Å². The highest BCUT2D eigenvalue weighted by molar-refractivity contribution is 6.16. The van der Waals surface area contributed by atoms with Crippen molar-refractivity contribution in [2.45, 2.75) is 57.4 Å². The molecule has 17 heavy (non-hydrogen) atoms. The van der Waals surface area contributed by atoms with E-state index in [9.17, 15) is 0 Å². The molecule has 3 nitrogen and oxygen atoms in total. The van der Waals surface area contributed by atoms with Gasteiger partial charge in [0, 0.05) is 12.5 Å². The van der Waals surface area contributed by atoms with E-state index in [4.69, 9.17) is 11.6 Å². The van der Waals surface area contributed by atoms with Gasteiger partial charge in [-0.1, -0.05) is 19.8 Å². The summed E-state index contributed by atoms with van der Waals surface area (Å²) < 4.78 is 2.27. The fourth-order valence-corrected chi connectivity index (χ4v) is 3.73. The SMILES string of the molecule is CCCn1c(CCl)nnc1C1C2CCCCC21. The van der Waals surface area contributed by atoms with Crippen LogP contribution in [0.3, 0.4) is 0 Å². The second-order valence-corrected chi connectivity index (χ2v) is 5.66. The molecule has 0 saturated heterocycles. The molecule has 2 atom stereocenters. The third-order valence-electron chi connectivity index (χ3n) is 4.38. The molecule has 2 fully saturated rings. The predicted octanol–water partition coefficient (Wildman–Crippen LogP) is 3.33. The third kappa shape index (κ3) is 1.88. The summed E-state index contributed by atoms with van der Waals surface area (Å²) >= 11 is 5.94. The molecule has 0 aromatic carbocycles. The Kier molecular flexibility index (Phi) is 3.12. The summed E-state index contributed by atoms with van der Waals surface area (Å²) in [6, 6.07) is 0. The molecule has 0 spiro atoms. The molecule has 0 amide bonds. The first kappa shape index (κ1) is 11.5. The predicted molar refractivity (Wildman–Crippen MR) is 68.1 cm³/mol. The summed E-state index contributed by atoms with van der Waals surface area (Å²) in [6.45, 7) is 3.21. The Morgan fingerprint density at radius 1 is 1.24 bits per heavy atom. The van der Waals surface area contributed by atoms with E-state index in [1.165, 1.54) is 31.5 Å². The quantitative estimate of drug-likeness (QED) is 0.771. The summed E-state index contributed by atoms with van der Waals surface area (Å²) in [7, 11) is 0. The van der Waals surface area contributed by atoms with Gasteiger partial charge in [-0.2, -0.15) is 0 Å². The molecule has 1 aromatic rings. The molecule has 2 aliphatic rings. The molecule has 2 aliphatic carbocycles. The number of hydrogen-bond acceptors (Lipinski definition) is 2. The van der Waals surface area contributed by atoms with Gasteiger partial charge in [-0.05, 0) is 31.1 Å². The van der Waals surface area contributed by atoms with E-state index in [1.54, 1.807) is 0 Å². The lowest BCUT2D eigenvalue weighted by molar-refractivity contribution is 0.480. The minimum atomic E-state index is 0.481. The zero-order chi connectivity index (χ0) is 11.8. The monoisotopic (exact) mass is 253 g/mol. The van der Waals surface area contributed by atoms with Crippen LogP contribution in [-0.2, 0) is 12.4 Å². The van der Waals surface area contributed by atoms with Crippen LogP contribution in [0.1, 0.15) is 56.6 Å². The second kappa shape index (κ2) is 4.60. The van der Waals surface area contributed by atoms with Crippen molar-refractivity contribution in [1.82, 2.24) is 14.8 Å². The van der Waals surface area contributed by atoms with Crippen LogP contribution >= 0.6 is 11.6 Å². The van der Waals surface area contributed by atoms with Crippen molar-refractivity contribution in [3.63, 3.8) is 0 Å². The Morgan fingerprint density at radius 3 is 2.53 bits per heavy atom. The molecule has 0 bridgehead atoms. The minimum absolute atomic E-state index is 0.481. The lowest BCUT2D eigenvalue weighted by Crippen LogP contribution is -2.06. The summed E-state index contributed by atoms with van der Waals surface area (Å²) in [5.41, 5.74) is 0. The van der Waals surface area contributed by atoms with Crippen LogP contribution in [0.2, 0.25) is 0 Å². The Hall–Kier alpha value is -0.570. The molecule has 0 aliphatic heterocycles. The number of rotatable bonds is 4. The van der Waals surface area contributed by atoms with E-state index in [-0.39, 0.29) is 0 Å². The Morgan fingerprint density at radius 2 is 1.94 bits per heavy atom. The van der Waals surface area contributed by atoms with E-state index < -0.39 is 0 Å². The lowest BCUT2D eigenvalue weighted by Gasteiger charge is -2.07. The van der Waals surface area contributed by atoms with Gasteiger partial charge in [-0.15, -0.1) is 21.8 Å². The molecule has 4 heteroatoms. The first-order valence-corrected chi connectivity index (χ1v) is 7.38. The zero-order valence-corrected chi connectivity index (χ0v) is 11.2. The van der Waals surface area contributed by atoms with E-state index in [0.29, 0.717) is 11.8 Å². The van der Waals surface area contributed by atoms with Crippen LogP contribution in [0.5, 0.6) is 0 Å². The largest absolute Gasteiger partial charge is 0.314 e. The molecule has 2 saturated carbocycles. The topological polar surface area (TPSA) is 30.7 Å². The van der Waals surface area contributed by atoms with Crippen LogP contribution in [0, 0.1) is 11.8 Å². The summed E-state index contributed by atoms with van der Waals surface area (Å²) in [5.74, 6) is 5.13. The summed E-state index contributed by atoms with van der Waals surface area (Å²) in [5, 5.41) is 8.67. The van der Waals surface area contributed by atoms with Crippen molar-refractivity contribution < 1.29 is 0 Å². The molecule has 1 aromatic heterocycles. The molecule has 94 valence electrons. The highest BCUT2D eigenvalue weighted by Gasteiger charge is 2.53. The van der Waals surface area contributed by atoms with Gasteiger partial charge >= 0.3 is 0 Å². The van der Waals surface area contributed by atoms with Crippen LogP contribution in [-0.4, -0.2) is 14.8 Å². The van der Waals surface area contributed by atoms with Crippen molar-refractivity contribution in [3.05, 3.63) is 11.6 Å². The van der Waals surface area contributed by atoms with Gasteiger partial charge in [-0.25, -0.2) is 0 Å². The average molecular weight is 254 g/mol. The Labute approximate surface area is 108 Å². The number of nitrogens with zero attached hydrogens (tertiary/aromatic N) is 3. The third-order valence-corrected chi connectivity index (χ3v) is 4.62. The molecule has 1 heterocycles. The number of fused-ring (bicyclic) bond motifs is 1. The highest BCUT2D eigenvalue weighted by atomic mass is 35.5.